The van der Waals surface area contributed by atoms with Crippen molar-refractivity contribution in [3.05, 3.63) is 82.3 Å². The third kappa shape index (κ3) is 4.07. The standard InChI is InChI=1S/C25H25Cl2N3O/c26-21-10-9-17(13-22(21)27)25-14-28-11-12-29(25)15-18(31)16-30-23-7-3-1-5-19(23)20-6-2-4-8-24(20)30/h1-10,13,18,25,28,31H,11-12,14-16H2. The van der Waals surface area contributed by atoms with Gasteiger partial charge in [-0.25, -0.2) is 0 Å². The van der Waals surface area contributed by atoms with Crippen LogP contribution in [0.15, 0.2) is 66.7 Å². The van der Waals surface area contributed by atoms with E-state index in [0.29, 0.717) is 23.1 Å². The van der Waals surface area contributed by atoms with E-state index in [1.54, 1.807) is 0 Å². The fourth-order valence-corrected chi connectivity index (χ4v) is 5.06. The number of para-hydroxylation sites is 2. The van der Waals surface area contributed by atoms with Gasteiger partial charge in [-0.3, -0.25) is 4.90 Å². The molecule has 1 fully saturated rings. The Morgan fingerprint density at radius 1 is 0.903 bits per heavy atom. The molecule has 0 radical (unpaired) electrons. The molecule has 1 aliphatic heterocycles. The van der Waals surface area contributed by atoms with E-state index in [1.807, 2.05) is 18.2 Å². The summed E-state index contributed by atoms with van der Waals surface area (Å²) in [5, 5.41) is 18.2. The molecule has 4 aromatic rings. The van der Waals surface area contributed by atoms with Gasteiger partial charge < -0.3 is 15.0 Å². The van der Waals surface area contributed by atoms with Gasteiger partial charge in [0.05, 0.1) is 22.7 Å². The maximum absolute atomic E-state index is 11.1. The molecule has 3 aromatic carbocycles. The summed E-state index contributed by atoms with van der Waals surface area (Å²) in [6.45, 7) is 3.73. The second-order valence-electron chi connectivity index (χ2n) is 8.19. The maximum atomic E-state index is 11.1. The minimum absolute atomic E-state index is 0.149. The van der Waals surface area contributed by atoms with Crippen molar-refractivity contribution in [3.63, 3.8) is 0 Å². The fraction of sp³-hybridized carbons (Fsp3) is 0.280. The lowest BCUT2D eigenvalue weighted by Gasteiger charge is -2.37. The lowest BCUT2D eigenvalue weighted by Crippen LogP contribution is -2.49. The summed E-state index contributed by atoms with van der Waals surface area (Å²) in [5.41, 5.74) is 3.43. The number of piperazine rings is 1. The van der Waals surface area contributed by atoms with E-state index < -0.39 is 6.10 Å². The van der Waals surface area contributed by atoms with E-state index in [-0.39, 0.29) is 6.04 Å². The van der Waals surface area contributed by atoms with Crippen LogP contribution in [-0.2, 0) is 6.54 Å². The Morgan fingerprint density at radius 3 is 2.26 bits per heavy atom. The first-order valence-electron chi connectivity index (χ1n) is 10.7. The number of nitrogens with one attached hydrogen (secondary N) is 1. The molecule has 0 spiro atoms. The highest BCUT2D eigenvalue weighted by Gasteiger charge is 2.26. The largest absolute Gasteiger partial charge is 0.390 e. The van der Waals surface area contributed by atoms with Gasteiger partial charge in [-0.1, -0.05) is 65.7 Å². The van der Waals surface area contributed by atoms with Crippen molar-refractivity contribution >= 4 is 45.0 Å². The Bertz CT molecular complexity index is 1170. The summed E-state index contributed by atoms with van der Waals surface area (Å²) in [4.78, 5) is 2.34. The van der Waals surface area contributed by atoms with Crippen LogP contribution >= 0.6 is 23.2 Å². The Hall–Kier alpha value is -2.08. The Kier molecular flexibility index (Phi) is 5.91. The fourth-order valence-electron chi connectivity index (χ4n) is 4.75. The SMILES string of the molecule is OC(CN1CCNCC1c1ccc(Cl)c(Cl)c1)Cn1c2ccccc2c2ccccc21. The number of aliphatic hydroxyl groups is 1. The van der Waals surface area contributed by atoms with Crippen LogP contribution in [0.1, 0.15) is 11.6 Å². The van der Waals surface area contributed by atoms with E-state index in [0.717, 1.165) is 36.2 Å². The zero-order chi connectivity index (χ0) is 21.4. The van der Waals surface area contributed by atoms with E-state index >= 15 is 0 Å². The van der Waals surface area contributed by atoms with Crippen LogP contribution < -0.4 is 5.32 Å². The Balaban J connectivity index is 1.40. The number of aliphatic hydroxyl groups excluding tert-OH is 1. The summed E-state index contributed by atoms with van der Waals surface area (Å²) >= 11 is 12.4. The van der Waals surface area contributed by atoms with Crippen LogP contribution in [-0.4, -0.2) is 46.9 Å². The lowest BCUT2D eigenvalue weighted by molar-refractivity contribution is 0.0651. The number of aromatic nitrogens is 1. The topological polar surface area (TPSA) is 40.4 Å². The van der Waals surface area contributed by atoms with Gasteiger partial charge in [-0.2, -0.15) is 0 Å². The molecule has 5 rings (SSSR count). The first-order chi connectivity index (χ1) is 15.1. The number of halogens is 2. The highest BCUT2D eigenvalue weighted by molar-refractivity contribution is 6.42. The average molecular weight is 454 g/mol. The summed E-state index contributed by atoms with van der Waals surface area (Å²) < 4.78 is 2.24. The molecule has 1 aromatic heterocycles. The van der Waals surface area contributed by atoms with Crippen molar-refractivity contribution in [2.45, 2.75) is 18.7 Å². The zero-order valence-electron chi connectivity index (χ0n) is 17.1. The minimum Gasteiger partial charge on any atom is -0.390 e. The van der Waals surface area contributed by atoms with Crippen LogP contribution in [0.4, 0.5) is 0 Å². The molecule has 2 heterocycles. The minimum atomic E-state index is -0.498. The summed E-state index contributed by atoms with van der Waals surface area (Å²) in [6, 6.07) is 22.8. The van der Waals surface area contributed by atoms with Crippen molar-refractivity contribution in [1.82, 2.24) is 14.8 Å². The van der Waals surface area contributed by atoms with Crippen molar-refractivity contribution < 1.29 is 5.11 Å². The molecule has 2 N–H and O–H groups in total. The Labute approximate surface area is 192 Å². The van der Waals surface area contributed by atoms with Gasteiger partial charge in [0.25, 0.3) is 0 Å². The van der Waals surface area contributed by atoms with Gasteiger partial charge in [0, 0.05) is 54.0 Å². The van der Waals surface area contributed by atoms with Crippen molar-refractivity contribution in [2.75, 3.05) is 26.2 Å². The van der Waals surface area contributed by atoms with Crippen molar-refractivity contribution in [1.29, 1.82) is 0 Å². The van der Waals surface area contributed by atoms with Gasteiger partial charge in [0.15, 0.2) is 0 Å². The van der Waals surface area contributed by atoms with Crippen LogP contribution in [0.2, 0.25) is 10.0 Å². The van der Waals surface area contributed by atoms with Gasteiger partial charge in [-0.05, 0) is 29.8 Å². The highest BCUT2D eigenvalue weighted by Crippen LogP contribution is 2.31. The van der Waals surface area contributed by atoms with Gasteiger partial charge >= 0.3 is 0 Å². The normalized spacial score (nSPS) is 18.6. The monoisotopic (exact) mass is 453 g/mol. The summed E-state index contributed by atoms with van der Waals surface area (Å²) in [5.74, 6) is 0. The molecule has 0 amide bonds. The number of fused-ring (bicyclic) bond motifs is 3. The first-order valence-corrected chi connectivity index (χ1v) is 11.4. The van der Waals surface area contributed by atoms with Crippen LogP contribution in [0, 0.1) is 0 Å². The smallest absolute Gasteiger partial charge is 0.0846 e. The van der Waals surface area contributed by atoms with Gasteiger partial charge in [-0.15, -0.1) is 0 Å². The first kappa shape index (κ1) is 20.8. The van der Waals surface area contributed by atoms with Crippen LogP contribution in [0.3, 0.4) is 0 Å². The molecule has 1 aliphatic rings. The molecule has 2 unspecified atom stereocenters. The van der Waals surface area contributed by atoms with E-state index in [1.165, 1.54) is 10.8 Å². The number of hydrogen-bond acceptors (Lipinski definition) is 3. The lowest BCUT2D eigenvalue weighted by atomic mass is 10.0. The molecule has 160 valence electrons. The molecular weight excluding hydrogens is 429 g/mol. The second kappa shape index (κ2) is 8.81. The van der Waals surface area contributed by atoms with Crippen molar-refractivity contribution in [2.24, 2.45) is 0 Å². The number of rotatable bonds is 5. The molecule has 4 nitrogen and oxygen atoms in total. The number of benzene rings is 3. The molecule has 6 heteroatoms. The molecule has 2 atom stereocenters. The quantitative estimate of drug-likeness (QED) is 0.441. The van der Waals surface area contributed by atoms with E-state index in [9.17, 15) is 5.11 Å². The van der Waals surface area contributed by atoms with Gasteiger partial charge in [0.1, 0.15) is 0 Å². The second-order valence-corrected chi connectivity index (χ2v) is 9.00. The third-order valence-corrected chi connectivity index (χ3v) is 6.94. The predicted molar refractivity (Wildman–Crippen MR) is 129 cm³/mol. The molecule has 0 saturated carbocycles. The average Bonchev–Trinajstić information content (AvgIpc) is 3.10. The van der Waals surface area contributed by atoms with E-state index in [2.05, 4.69) is 63.3 Å². The number of hydrogen-bond donors (Lipinski definition) is 2. The number of nitrogens with zero attached hydrogens (tertiary/aromatic N) is 2. The third-order valence-electron chi connectivity index (χ3n) is 6.20. The van der Waals surface area contributed by atoms with Crippen LogP contribution in [0.5, 0.6) is 0 Å². The van der Waals surface area contributed by atoms with Crippen molar-refractivity contribution in [3.8, 4) is 0 Å². The predicted octanol–water partition coefficient (Wildman–Crippen LogP) is 5.11. The van der Waals surface area contributed by atoms with Crippen LogP contribution in [0.25, 0.3) is 21.8 Å². The Morgan fingerprint density at radius 2 is 1.58 bits per heavy atom. The highest BCUT2D eigenvalue weighted by atomic mass is 35.5. The maximum Gasteiger partial charge on any atom is 0.0846 e. The van der Waals surface area contributed by atoms with Gasteiger partial charge in [0.2, 0.25) is 0 Å². The molecule has 31 heavy (non-hydrogen) atoms. The molecule has 1 saturated heterocycles. The molecular formula is C25H25Cl2N3O. The summed E-state index contributed by atoms with van der Waals surface area (Å²) in [7, 11) is 0. The molecule has 0 bridgehead atoms. The number of β-amino-alcohol motifs (C(OH)–C–C–N with tert-alkyl or cyclic N) is 1. The summed E-state index contributed by atoms with van der Waals surface area (Å²) in [6.07, 6.45) is -0.498. The zero-order valence-corrected chi connectivity index (χ0v) is 18.7. The molecule has 0 aliphatic carbocycles. The van der Waals surface area contributed by atoms with E-state index in [4.69, 9.17) is 23.2 Å².